The molecule has 0 aromatic rings. The van der Waals surface area contributed by atoms with Crippen LogP contribution < -0.4 is 0 Å². The lowest BCUT2D eigenvalue weighted by Gasteiger charge is -2.39. The fraction of sp³-hybridized carbons (Fsp3) is 0.889. The van der Waals surface area contributed by atoms with Crippen molar-refractivity contribution in [2.24, 2.45) is 5.92 Å². The van der Waals surface area contributed by atoms with Crippen LogP contribution in [0.15, 0.2) is 12.2 Å². The third-order valence-electron chi connectivity index (χ3n) is 5.52. The number of hydrogen-bond acceptors (Lipinski definition) is 2. The van der Waals surface area contributed by atoms with E-state index >= 15 is 0 Å². The molecule has 0 aliphatic heterocycles. The summed E-state index contributed by atoms with van der Waals surface area (Å²) >= 11 is 0. The molecule has 1 saturated carbocycles. The van der Waals surface area contributed by atoms with Gasteiger partial charge in [0.05, 0.1) is 12.2 Å². The molecular formula is C18H36O2Si. The number of rotatable bonds is 6. The average molecular weight is 313 g/mol. The van der Waals surface area contributed by atoms with Crippen molar-refractivity contribution in [1.29, 1.82) is 0 Å². The van der Waals surface area contributed by atoms with Crippen LogP contribution in [0.1, 0.15) is 66.2 Å². The van der Waals surface area contributed by atoms with Gasteiger partial charge in [0.1, 0.15) is 0 Å². The molecule has 2 nitrogen and oxygen atoms in total. The first kappa shape index (κ1) is 18.9. The SMILES string of the molecule is C=C(CC(O)C1CCCCC1)C(C)O[Si](C)(C)C(C)(C)C. The van der Waals surface area contributed by atoms with Crippen molar-refractivity contribution in [3.63, 3.8) is 0 Å². The monoisotopic (exact) mass is 312 g/mol. The maximum atomic E-state index is 10.4. The highest BCUT2D eigenvalue weighted by Crippen LogP contribution is 2.38. The van der Waals surface area contributed by atoms with E-state index in [-0.39, 0.29) is 17.2 Å². The molecule has 0 spiro atoms. The van der Waals surface area contributed by atoms with Gasteiger partial charge >= 0.3 is 0 Å². The minimum absolute atomic E-state index is 0.0455. The summed E-state index contributed by atoms with van der Waals surface area (Å²) in [6.07, 6.45) is 6.72. The van der Waals surface area contributed by atoms with Crippen LogP contribution in [-0.2, 0) is 4.43 Å². The summed E-state index contributed by atoms with van der Waals surface area (Å²) in [5.41, 5.74) is 1.05. The molecule has 0 amide bonds. The van der Waals surface area contributed by atoms with Crippen LogP contribution in [-0.4, -0.2) is 25.6 Å². The van der Waals surface area contributed by atoms with Gasteiger partial charge in [-0.2, -0.15) is 0 Å². The Morgan fingerprint density at radius 3 is 2.24 bits per heavy atom. The quantitative estimate of drug-likeness (QED) is 0.534. The Morgan fingerprint density at radius 1 is 1.24 bits per heavy atom. The van der Waals surface area contributed by atoms with Gasteiger partial charge in [0.15, 0.2) is 8.32 Å². The smallest absolute Gasteiger partial charge is 0.192 e. The van der Waals surface area contributed by atoms with Gasteiger partial charge in [-0.25, -0.2) is 0 Å². The van der Waals surface area contributed by atoms with E-state index in [1.807, 2.05) is 0 Å². The first-order valence-corrected chi connectivity index (χ1v) is 11.5. The highest BCUT2D eigenvalue weighted by molar-refractivity contribution is 6.74. The normalized spacial score (nSPS) is 21.1. The van der Waals surface area contributed by atoms with Crippen LogP contribution in [0.3, 0.4) is 0 Å². The van der Waals surface area contributed by atoms with Gasteiger partial charge in [-0.05, 0) is 55.8 Å². The van der Waals surface area contributed by atoms with Gasteiger partial charge in [-0.1, -0.05) is 46.6 Å². The Kier molecular flexibility index (Phi) is 6.70. The van der Waals surface area contributed by atoms with E-state index in [1.165, 1.54) is 32.1 Å². The molecule has 0 aromatic heterocycles. The predicted octanol–water partition coefficient (Wildman–Crippen LogP) is 5.28. The highest BCUT2D eigenvalue weighted by atomic mass is 28.4. The van der Waals surface area contributed by atoms with Gasteiger partial charge < -0.3 is 9.53 Å². The Bertz CT molecular complexity index is 338. The van der Waals surface area contributed by atoms with E-state index in [0.29, 0.717) is 12.3 Å². The van der Waals surface area contributed by atoms with Crippen LogP contribution in [0.4, 0.5) is 0 Å². The molecule has 2 unspecified atom stereocenters. The lowest BCUT2D eigenvalue weighted by atomic mass is 9.83. The Hall–Kier alpha value is -0.123. The Labute approximate surface area is 133 Å². The number of aliphatic hydroxyl groups excluding tert-OH is 1. The van der Waals surface area contributed by atoms with E-state index < -0.39 is 8.32 Å². The molecule has 1 fully saturated rings. The Balaban J connectivity index is 2.50. The van der Waals surface area contributed by atoms with Crippen LogP contribution in [0.5, 0.6) is 0 Å². The van der Waals surface area contributed by atoms with Gasteiger partial charge in [-0.3, -0.25) is 0 Å². The summed E-state index contributed by atoms with van der Waals surface area (Å²) in [4.78, 5) is 0. The van der Waals surface area contributed by atoms with Crippen molar-refractivity contribution in [1.82, 2.24) is 0 Å². The summed E-state index contributed by atoms with van der Waals surface area (Å²) in [6.45, 7) is 17.6. The van der Waals surface area contributed by atoms with Crippen molar-refractivity contribution in [3.8, 4) is 0 Å². The first-order valence-electron chi connectivity index (χ1n) is 8.58. The van der Waals surface area contributed by atoms with Crippen molar-refractivity contribution in [3.05, 3.63) is 12.2 Å². The van der Waals surface area contributed by atoms with Crippen LogP contribution in [0.25, 0.3) is 0 Å². The van der Waals surface area contributed by atoms with Crippen molar-refractivity contribution < 1.29 is 9.53 Å². The molecule has 1 aliphatic carbocycles. The largest absolute Gasteiger partial charge is 0.411 e. The van der Waals surface area contributed by atoms with Crippen LogP contribution in [0, 0.1) is 5.92 Å². The van der Waals surface area contributed by atoms with Crippen LogP contribution >= 0.6 is 0 Å². The van der Waals surface area contributed by atoms with Gasteiger partial charge in [0.25, 0.3) is 0 Å². The zero-order chi connectivity index (χ0) is 16.3. The molecule has 21 heavy (non-hydrogen) atoms. The van der Waals surface area contributed by atoms with E-state index in [4.69, 9.17) is 4.43 Å². The average Bonchev–Trinajstić information content (AvgIpc) is 2.37. The van der Waals surface area contributed by atoms with Gasteiger partial charge in [0, 0.05) is 0 Å². The highest BCUT2D eigenvalue weighted by Gasteiger charge is 2.39. The molecule has 1 N–H and O–H groups in total. The second-order valence-electron chi connectivity index (χ2n) is 8.35. The first-order chi connectivity index (χ1) is 9.54. The lowest BCUT2D eigenvalue weighted by Crippen LogP contribution is -2.43. The molecule has 3 heteroatoms. The predicted molar refractivity (Wildman–Crippen MR) is 94.1 cm³/mol. The molecule has 2 atom stereocenters. The molecular weight excluding hydrogens is 276 g/mol. The topological polar surface area (TPSA) is 29.5 Å². The second kappa shape index (κ2) is 7.43. The molecule has 0 heterocycles. The van der Waals surface area contributed by atoms with Crippen LogP contribution in [0.2, 0.25) is 18.1 Å². The molecule has 0 bridgehead atoms. The third kappa shape index (κ3) is 5.54. The maximum Gasteiger partial charge on any atom is 0.192 e. The van der Waals surface area contributed by atoms with E-state index in [2.05, 4.69) is 47.4 Å². The molecule has 0 aromatic carbocycles. The maximum absolute atomic E-state index is 10.4. The van der Waals surface area contributed by atoms with Gasteiger partial charge in [0.2, 0.25) is 0 Å². The zero-order valence-corrected chi connectivity index (χ0v) is 16.0. The molecule has 124 valence electrons. The fourth-order valence-electron chi connectivity index (χ4n) is 2.82. The van der Waals surface area contributed by atoms with Gasteiger partial charge in [-0.15, -0.1) is 0 Å². The molecule has 1 aliphatic rings. The molecule has 1 rings (SSSR count). The van der Waals surface area contributed by atoms with Crippen molar-refractivity contribution in [2.45, 2.75) is 96.6 Å². The Morgan fingerprint density at radius 2 is 1.76 bits per heavy atom. The minimum atomic E-state index is -1.76. The second-order valence-corrected chi connectivity index (χ2v) is 13.1. The summed E-state index contributed by atoms with van der Waals surface area (Å²) < 4.78 is 6.38. The van der Waals surface area contributed by atoms with Crippen molar-refractivity contribution >= 4 is 8.32 Å². The number of aliphatic hydroxyl groups is 1. The zero-order valence-electron chi connectivity index (χ0n) is 15.0. The van der Waals surface area contributed by atoms with Crippen molar-refractivity contribution in [2.75, 3.05) is 0 Å². The fourth-order valence-corrected chi connectivity index (χ4v) is 4.23. The van der Waals surface area contributed by atoms with E-state index in [9.17, 15) is 5.11 Å². The summed E-state index contributed by atoms with van der Waals surface area (Å²) in [7, 11) is -1.76. The lowest BCUT2D eigenvalue weighted by molar-refractivity contribution is 0.0794. The standard InChI is InChI=1S/C18H36O2Si/c1-14(13-17(19)16-11-9-8-10-12-16)15(2)20-21(6,7)18(3,4)5/h15-17,19H,1,8-13H2,2-7H3. The molecule has 0 saturated heterocycles. The van der Waals surface area contributed by atoms with E-state index in [1.54, 1.807) is 0 Å². The third-order valence-corrected chi connectivity index (χ3v) is 10.1. The number of hydrogen-bond donors (Lipinski definition) is 1. The summed E-state index contributed by atoms with van der Waals surface area (Å²) in [5, 5.41) is 10.7. The van der Waals surface area contributed by atoms with E-state index in [0.717, 1.165) is 5.57 Å². The molecule has 0 radical (unpaired) electrons. The summed E-state index contributed by atoms with van der Waals surface area (Å²) in [6, 6.07) is 0. The minimum Gasteiger partial charge on any atom is -0.411 e. The summed E-state index contributed by atoms with van der Waals surface area (Å²) in [5.74, 6) is 0.468.